The summed E-state index contributed by atoms with van der Waals surface area (Å²) in [5.74, 6) is -0.804. The molecule has 0 amide bonds. The van der Waals surface area contributed by atoms with Gasteiger partial charge < -0.3 is 9.63 Å². The van der Waals surface area contributed by atoms with Gasteiger partial charge in [0.25, 0.3) is 0 Å². The van der Waals surface area contributed by atoms with Gasteiger partial charge in [-0.15, -0.1) is 0 Å². The number of hydrogen-bond acceptors (Lipinski definition) is 3. The molecule has 4 heteroatoms. The van der Waals surface area contributed by atoms with Crippen molar-refractivity contribution in [2.75, 3.05) is 0 Å². The van der Waals surface area contributed by atoms with Gasteiger partial charge in [-0.1, -0.05) is 5.16 Å². The summed E-state index contributed by atoms with van der Waals surface area (Å²) in [6.07, 6.45) is 3.58. The molecule has 0 spiro atoms. The second-order valence-corrected chi connectivity index (χ2v) is 1.93. The Balaban J connectivity index is 2.35. The fourth-order valence-electron chi connectivity index (χ4n) is 0.601. The van der Waals surface area contributed by atoms with Gasteiger partial charge in [0.2, 0.25) is 0 Å². The molecule has 1 rings (SSSR count). The van der Waals surface area contributed by atoms with Crippen molar-refractivity contribution in [1.29, 1.82) is 0 Å². The number of nitrogens with zero attached hydrogens (tertiary/aromatic N) is 1. The standard InChI is InChI=1S/C6H7NO3/c8-6(9)2-1-5-3-7-10-4-5/h3-4H,1-2H2,(H,8,9). The van der Waals surface area contributed by atoms with Crippen LogP contribution in [0.3, 0.4) is 0 Å². The Morgan fingerprint density at radius 2 is 2.60 bits per heavy atom. The maximum atomic E-state index is 10.0. The number of aromatic nitrogens is 1. The Morgan fingerprint density at radius 3 is 3.10 bits per heavy atom. The number of carboxylic acids is 1. The lowest BCUT2D eigenvalue weighted by Gasteiger charge is -1.87. The maximum Gasteiger partial charge on any atom is 0.303 e. The van der Waals surface area contributed by atoms with Crippen LogP contribution in [0.4, 0.5) is 0 Å². The molecule has 1 aromatic heterocycles. The van der Waals surface area contributed by atoms with Gasteiger partial charge in [-0.05, 0) is 6.42 Å². The highest BCUT2D eigenvalue weighted by Crippen LogP contribution is 1.99. The van der Waals surface area contributed by atoms with Crippen LogP contribution in [0.2, 0.25) is 0 Å². The molecule has 0 saturated carbocycles. The Kier molecular flexibility index (Phi) is 2.04. The second kappa shape index (κ2) is 3.00. The number of rotatable bonds is 3. The van der Waals surface area contributed by atoms with Crippen LogP contribution in [0.5, 0.6) is 0 Å². The van der Waals surface area contributed by atoms with E-state index in [2.05, 4.69) is 9.68 Å². The van der Waals surface area contributed by atoms with Gasteiger partial charge in [-0.25, -0.2) is 0 Å². The molecular weight excluding hydrogens is 134 g/mol. The highest BCUT2D eigenvalue weighted by atomic mass is 16.5. The van der Waals surface area contributed by atoms with Crippen LogP contribution in [-0.2, 0) is 11.2 Å². The molecule has 1 heterocycles. The minimum Gasteiger partial charge on any atom is -0.481 e. The minimum atomic E-state index is -0.804. The average molecular weight is 141 g/mol. The van der Waals surface area contributed by atoms with E-state index in [1.165, 1.54) is 12.5 Å². The fraction of sp³-hybridized carbons (Fsp3) is 0.333. The molecular formula is C6H7NO3. The van der Waals surface area contributed by atoms with Crippen LogP contribution >= 0.6 is 0 Å². The summed E-state index contributed by atoms with van der Waals surface area (Å²) < 4.78 is 4.50. The molecule has 0 aliphatic heterocycles. The molecule has 0 saturated heterocycles. The van der Waals surface area contributed by atoms with Crippen molar-refractivity contribution in [3.63, 3.8) is 0 Å². The monoisotopic (exact) mass is 141 g/mol. The van der Waals surface area contributed by atoms with Crippen LogP contribution in [0.25, 0.3) is 0 Å². The maximum absolute atomic E-state index is 10.0. The first kappa shape index (κ1) is 6.80. The molecule has 1 N–H and O–H groups in total. The first-order valence-corrected chi connectivity index (χ1v) is 2.89. The summed E-state index contributed by atoms with van der Waals surface area (Å²) in [6, 6.07) is 0. The summed E-state index contributed by atoms with van der Waals surface area (Å²) in [5, 5.41) is 11.7. The van der Waals surface area contributed by atoms with Crippen molar-refractivity contribution in [2.45, 2.75) is 12.8 Å². The van der Waals surface area contributed by atoms with E-state index in [0.717, 1.165) is 5.56 Å². The van der Waals surface area contributed by atoms with Gasteiger partial charge >= 0.3 is 5.97 Å². The number of carboxylic acid groups (broad SMARTS) is 1. The lowest BCUT2D eigenvalue weighted by molar-refractivity contribution is -0.136. The van der Waals surface area contributed by atoms with E-state index in [9.17, 15) is 4.79 Å². The van der Waals surface area contributed by atoms with E-state index in [4.69, 9.17) is 5.11 Å². The van der Waals surface area contributed by atoms with Crippen molar-refractivity contribution in [3.05, 3.63) is 18.0 Å². The lowest BCUT2D eigenvalue weighted by atomic mass is 10.2. The zero-order chi connectivity index (χ0) is 7.40. The molecule has 0 aliphatic rings. The van der Waals surface area contributed by atoms with Crippen molar-refractivity contribution in [3.8, 4) is 0 Å². The van der Waals surface area contributed by atoms with E-state index in [1.807, 2.05) is 0 Å². The van der Waals surface area contributed by atoms with Crippen LogP contribution < -0.4 is 0 Å². The second-order valence-electron chi connectivity index (χ2n) is 1.93. The number of aryl methyl sites for hydroxylation is 1. The van der Waals surface area contributed by atoms with Gasteiger partial charge in [0.1, 0.15) is 6.26 Å². The molecule has 0 radical (unpaired) electrons. The Hall–Kier alpha value is -1.32. The van der Waals surface area contributed by atoms with E-state index >= 15 is 0 Å². The number of carbonyl (C=O) groups is 1. The number of aliphatic carboxylic acids is 1. The summed E-state index contributed by atoms with van der Waals surface area (Å²) in [6.45, 7) is 0. The van der Waals surface area contributed by atoms with Gasteiger partial charge in [-0.3, -0.25) is 4.79 Å². The summed E-state index contributed by atoms with van der Waals surface area (Å²) in [4.78, 5) is 10.0. The predicted molar refractivity (Wildman–Crippen MR) is 32.5 cm³/mol. The Bertz CT molecular complexity index is 205. The topological polar surface area (TPSA) is 63.3 Å². The predicted octanol–water partition coefficient (Wildman–Crippen LogP) is 0.692. The number of hydrogen-bond donors (Lipinski definition) is 1. The third kappa shape index (κ3) is 1.89. The van der Waals surface area contributed by atoms with Crippen molar-refractivity contribution < 1.29 is 14.4 Å². The fourth-order valence-corrected chi connectivity index (χ4v) is 0.601. The Morgan fingerprint density at radius 1 is 1.80 bits per heavy atom. The molecule has 0 atom stereocenters. The van der Waals surface area contributed by atoms with E-state index in [0.29, 0.717) is 6.42 Å². The normalized spacial score (nSPS) is 9.60. The zero-order valence-electron chi connectivity index (χ0n) is 5.28. The van der Waals surface area contributed by atoms with Crippen LogP contribution in [-0.4, -0.2) is 16.2 Å². The van der Waals surface area contributed by atoms with E-state index in [1.54, 1.807) is 0 Å². The van der Waals surface area contributed by atoms with E-state index < -0.39 is 5.97 Å². The quantitative estimate of drug-likeness (QED) is 0.672. The van der Waals surface area contributed by atoms with Crippen molar-refractivity contribution >= 4 is 5.97 Å². The van der Waals surface area contributed by atoms with Gasteiger partial charge in [0.05, 0.1) is 6.20 Å². The molecule has 54 valence electrons. The zero-order valence-corrected chi connectivity index (χ0v) is 5.28. The average Bonchev–Trinajstić information content (AvgIpc) is 2.34. The summed E-state index contributed by atoms with van der Waals surface area (Å²) >= 11 is 0. The van der Waals surface area contributed by atoms with Crippen molar-refractivity contribution in [2.24, 2.45) is 0 Å². The van der Waals surface area contributed by atoms with Crippen LogP contribution in [0.1, 0.15) is 12.0 Å². The smallest absolute Gasteiger partial charge is 0.303 e. The summed E-state index contributed by atoms with van der Waals surface area (Å²) in [5.41, 5.74) is 0.822. The molecule has 0 aromatic carbocycles. The molecule has 0 aliphatic carbocycles. The minimum absolute atomic E-state index is 0.126. The largest absolute Gasteiger partial charge is 0.481 e. The van der Waals surface area contributed by atoms with Crippen molar-refractivity contribution in [1.82, 2.24) is 5.16 Å². The SMILES string of the molecule is O=C(O)CCc1cnoc1. The van der Waals surface area contributed by atoms with E-state index in [-0.39, 0.29) is 6.42 Å². The highest BCUT2D eigenvalue weighted by Gasteiger charge is 1.99. The van der Waals surface area contributed by atoms with Crippen LogP contribution in [0, 0.1) is 0 Å². The molecule has 1 aromatic rings. The molecule has 4 nitrogen and oxygen atoms in total. The molecule has 0 unspecified atom stereocenters. The van der Waals surface area contributed by atoms with Gasteiger partial charge in [-0.2, -0.15) is 0 Å². The third-order valence-electron chi connectivity index (χ3n) is 1.11. The molecule has 0 fully saturated rings. The highest BCUT2D eigenvalue weighted by molar-refractivity contribution is 5.66. The third-order valence-corrected chi connectivity index (χ3v) is 1.11. The molecule has 0 bridgehead atoms. The molecule has 10 heavy (non-hydrogen) atoms. The Labute approximate surface area is 57.4 Å². The van der Waals surface area contributed by atoms with Gasteiger partial charge in [0.15, 0.2) is 0 Å². The lowest BCUT2D eigenvalue weighted by Crippen LogP contribution is -1.95. The first-order chi connectivity index (χ1) is 4.79. The van der Waals surface area contributed by atoms with Gasteiger partial charge in [0, 0.05) is 12.0 Å². The van der Waals surface area contributed by atoms with Crippen LogP contribution in [0.15, 0.2) is 17.0 Å². The first-order valence-electron chi connectivity index (χ1n) is 2.89. The summed E-state index contributed by atoms with van der Waals surface area (Å²) in [7, 11) is 0.